The SMILES string of the molecule is COC(=O)C1=C(C(=O)OC)SC2(S1)C(C(=O)OC)=C(C(=O)OC)SC1=C2c2cnccc2N(C(=O)CN2C(=O)CCC2=O)C1(C)C. The molecule has 242 valence electrons. The first-order valence-electron chi connectivity index (χ1n) is 13.5. The van der Waals surface area contributed by atoms with Crippen molar-refractivity contribution in [1.29, 1.82) is 0 Å². The van der Waals surface area contributed by atoms with Gasteiger partial charge in [0.2, 0.25) is 17.7 Å². The molecular formula is C29H27N3O11S3. The number of aromatic nitrogens is 1. The second kappa shape index (κ2) is 12.3. The molecule has 0 bridgehead atoms. The summed E-state index contributed by atoms with van der Waals surface area (Å²) < 4.78 is 18.4. The van der Waals surface area contributed by atoms with Gasteiger partial charge in [-0.1, -0.05) is 35.3 Å². The van der Waals surface area contributed by atoms with Crippen LogP contribution in [0.25, 0.3) is 5.57 Å². The molecule has 4 aliphatic heterocycles. The van der Waals surface area contributed by atoms with Gasteiger partial charge < -0.3 is 18.9 Å². The Labute approximate surface area is 275 Å². The lowest BCUT2D eigenvalue weighted by Crippen LogP contribution is -2.56. The molecule has 1 aromatic rings. The maximum Gasteiger partial charge on any atom is 0.345 e. The molecule has 5 rings (SSSR count). The summed E-state index contributed by atoms with van der Waals surface area (Å²) in [6.45, 7) is 2.85. The highest BCUT2D eigenvalue weighted by Gasteiger charge is 2.62. The van der Waals surface area contributed by atoms with E-state index in [0.29, 0.717) is 21.7 Å². The number of anilines is 1. The van der Waals surface area contributed by atoms with Gasteiger partial charge in [0.05, 0.1) is 45.2 Å². The van der Waals surface area contributed by atoms with Gasteiger partial charge in [-0.05, 0) is 19.9 Å². The Morgan fingerprint density at radius 1 is 0.826 bits per heavy atom. The Kier molecular flexibility index (Phi) is 8.87. The summed E-state index contributed by atoms with van der Waals surface area (Å²) in [5, 5.41) is 0. The minimum absolute atomic E-state index is 0.000221. The molecule has 1 spiro atoms. The topological polar surface area (TPSA) is 176 Å². The predicted octanol–water partition coefficient (Wildman–Crippen LogP) is 2.15. The molecule has 14 nitrogen and oxygen atoms in total. The lowest BCUT2D eigenvalue weighted by atomic mass is 9.84. The molecule has 0 N–H and O–H groups in total. The molecule has 0 aliphatic carbocycles. The summed E-state index contributed by atoms with van der Waals surface area (Å²) in [7, 11) is 4.50. The summed E-state index contributed by atoms with van der Waals surface area (Å²) >= 11 is 2.44. The number of likely N-dealkylation sites (tertiary alicyclic amines) is 1. The largest absolute Gasteiger partial charge is 0.466 e. The molecule has 4 aliphatic rings. The van der Waals surface area contributed by atoms with Crippen LogP contribution in [0.5, 0.6) is 0 Å². The molecule has 1 saturated heterocycles. The number of pyridine rings is 1. The highest BCUT2D eigenvalue weighted by atomic mass is 32.2. The van der Waals surface area contributed by atoms with Gasteiger partial charge in [-0.25, -0.2) is 19.2 Å². The number of amides is 3. The van der Waals surface area contributed by atoms with Crippen molar-refractivity contribution in [2.75, 3.05) is 39.9 Å². The molecule has 46 heavy (non-hydrogen) atoms. The number of ether oxygens (including phenoxy) is 4. The fourth-order valence-electron chi connectivity index (χ4n) is 5.61. The van der Waals surface area contributed by atoms with E-state index in [1.165, 1.54) is 17.3 Å². The summed E-state index contributed by atoms with van der Waals surface area (Å²) in [5.74, 6) is -5.18. The molecule has 1 fully saturated rings. The van der Waals surface area contributed by atoms with E-state index in [2.05, 4.69) is 4.98 Å². The minimum atomic E-state index is -1.75. The Morgan fingerprint density at radius 3 is 1.87 bits per heavy atom. The number of carbonyl (C=O) groups excluding carboxylic acids is 7. The lowest BCUT2D eigenvalue weighted by Gasteiger charge is -2.50. The van der Waals surface area contributed by atoms with Crippen LogP contribution in [0.15, 0.2) is 43.7 Å². The van der Waals surface area contributed by atoms with Gasteiger partial charge in [-0.3, -0.25) is 29.2 Å². The predicted molar refractivity (Wildman–Crippen MR) is 166 cm³/mol. The summed E-state index contributed by atoms with van der Waals surface area (Å²) in [6, 6.07) is 1.56. The fourth-order valence-corrected chi connectivity index (χ4v) is 10.7. The average molecular weight is 690 g/mol. The third-order valence-corrected chi connectivity index (χ3v) is 12.3. The van der Waals surface area contributed by atoms with Crippen molar-refractivity contribution in [3.63, 3.8) is 0 Å². The van der Waals surface area contributed by atoms with Crippen LogP contribution in [0.3, 0.4) is 0 Å². The van der Waals surface area contributed by atoms with Crippen LogP contribution in [0.1, 0.15) is 32.3 Å². The molecule has 3 amide bonds. The smallest absolute Gasteiger partial charge is 0.345 e. The van der Waals surface area contributed by atoms with E-state index in [9.17, 15) is 33.6 Å². The summed E-state index contributed by atoms with van der Waals surface area (Å²) in [6.07, 6.45) is 2.89. The van der Waals surface area contributed by atoms with Crippen LogP contribution in [-0.2, 0) is 52.5 Å². The van der Waals surface area contributed by atoms with Gasteiger partial charge in [0, 0.05) is 41.3 Å². The number of hydrogen-bond acceptors (Lipinski definition) is 15. The van der Waals surface area contributed by atoms with E-state index in [-0.39, 0.29) is 33.1 Å². The zero-order valence-electron chi connectivity index (χ0n) is 25.4. The monoisotopic (exact) mass is 689 g/mol. The average Bonchev–Trinajstić information content (AvgIpc) is 3.58. The number of methoxy groups -OCH3 is 4. The Hall–Kier alpha value is -4.09. The van der Waals surface area contributed by atoms with Crippen molar-refractivity contribution < 1.29 is 52.5 Å². The van der Waals surface area contributed by atoms with Crippen molar-refractivity contribution in [2.45, 2.75) is 36.3 Å². The van der Waals surface area contributed by atoms with Gasteiger partial charge in [-0.15, -0.1) is 0 Å². The quantitative estimate of drug-likeness (QED) is 0.241. The number of rotatable bonds is 6. The molecule has 1 aromatic heterocycles. The first kappa shape index (κ1) is 33.3. The van der Waals surface area contributed by atoms with Crippen molar-refractivity contribution in [3.05, 3.63) is 49.2 Å². The van der Waals surface area contributed by atoms with E-state index in [0.717, 1.165) is 68.6 Å². The van der Waals surface area contributed by atoms with Gasteiger partial charge in [0.15, 0.2) is 0 Å². The van der Waals surface area contributed by atoms with Gasteiger partial charge >= 0.3 is 23.9 Å². The Bertz CT molecular complexity index is 1680. The second-order valence-corrected chi connectivity index (χ2v) is 14.2. The number of thioether (sulfide) groups is 3. The number of hydrogen-bond donors (Lipinski definition) is 0. The van der Waals surface area contributed by atoms with Crippen LogP contribution < -0.4 is 4.90 Å². The van der Waals surface area contributed by atoms with Crippen LogP contribution in [0.4, 0.5) is 5.69 Å². The van der Waals surface area contributed by atoms with E-state index < -0.39 is 57.8 Å². The van der Waals surface area contributed by atoms with Crippen LogP contribution in [0, 0.1) is 0 Å². The van der Waals surface area contributed by atoms with E-state index in [1.807, 2.05) is 0 Å². The molecular weight excluding hydrogens is 663 g/mol. The molecule has 0 unspecified atom stereocenters. The van der Waals surface area contributed by atoms with Crippen LogP contribution in [0.2, 0.25) is 0 Å². The normalized spacial score (nSPS) is 19.7. The number of esters is 4. The van der Waals surface area contributed by atoms with Crippen LogP contribution >= 0.6 is 35.3 Å². The molecule has 0 saturated carbocycles. The van der Waals surface area contributed by atoms with Crippen molar-refractivity contribution in [3.8, 4) is 0 Å². The Balaban J connectivity index is 1.80. The first-order chi connectivity index (χ1) is 21.8. The number of nitrogens with zero attached hydrogens (tertiary/aromatic N) is 3. The van der Waals surface area contributed by atoms with Gasteiger partial charge in [0.25, 0.3) is 0 Å². The summed E-state index contributed by atoms with van der Waals surface area (Å²) in [4.78, 5) is 98.6. The minimum Gasteiger partial charge on any atom is -0.466 e. The maximum atomic E-state index is 14.1. The molecule has 0 aromatic carbocycles. The third-order valence-electron chi connectivity index (χ3n) is 7.64. The number of carbonyl (C=O) groups is 7. The zero-order valence-corrected chi connectivity index (χ0v) is 27.9. The van der Waals surface area contributed by atoms with E-state index in [4.69, 9.17) is 18.9 Å². The highest BCUT2D eigenvalue weighted by molar-refractivity contribution is 8.26. The van der Waals surface area contributed by atoms with Crippen molar-refractivity contribution >= 4 is 88.1 Å². The third kappa shape index (κ3) is 5.00. The van der Waals surface area contributed by atoms with Crippen LogP contribution in [-0.4, -0.2) is 96.1 Å². The first-order valence-corrected chi connectivity index (χ1v) is 16.0. The van der Waals surface area contributed by atoms with E-state index >= 15 is 0 Å². The molecule has 5 heterocycles. The number of imide groups is 1. The Morgan fingerprint density at radius 2 is 1.35 bits per heavy atom. The second-order valence-electron chi connectivity index (χ2n) is 10.5. The summed E-state index contributed by atoms with van der Waals surface area (Å²) in [5.41, 5.74) is -0.560. The lowest BCUT2D eigenvalue weighted by molar-refractivity contribution is -0.142. The standard InChI is InChI=1S/C29H27N3O11S3/c1-28(2)23-18(13-11-30-10-9-14(13)32(28)17(35)12-31-15(33)7-8-16(31)34)29(19(24(36)40-3)20(44-23)25(37)41-4)45-21(26(38)42-5)22(46-29)27(39)43-6/h9-11H,7-8,12H2,1-6H3. The molecule has 0 radical (unpaired) electrons. The van der Waals surface area contributed by atoms with Gasteiger partial charge in [-0.2, -0.15) is 0 Å². The molecule has 0 atom stereocenters. The van der Waals surface area contributed by atoms with E-state index in [1.54, 1.807) is 19.9 Å². The zero-order chi connectivity index (χ0) is 33.7. The van der Waals surface area contributed by atoms with Crippen molar-refractivity contribution in [1.82, 2.24) is 9.88 Å². The highest BCUT2D eigenvalue weighted by Crippen LogP contribution is 2.71. The molecule has 17 heteroatoms. The maximum absolute atomic E-state index is 14.1. The fraction of sp³-hybridized carbons (Fsp3) is 0.379. The van der Waals surface area contributed by atoms with Gasteiger partial charge in [0.1, 0.15) is 25.3 Å². The number of fused-ring (bicyclic) bond motifs is 3. The van der Waals surface area contributed by atoms with Crippen molar-refractivity contribution in [2.24, 2.45) is 0 Å².